The van der Waals surface area contributed by atoms with Crippen molar-refractivity contribution in [1.82, 2.24) is 4.98 Å². The Morgan fingerprint density at radius 1 is 1.41 bits per heavy atom. The average Bonchev–Trinajstić information content (AvgIpc) is 2.85. The second-order valence-electron chi connectivity index (χ2n) is 3.36. The van der Waals surface area contributed by atoms with Crippen molar-refractivity contribution in [2.75, 3.05) is 16.8 Å². The predicted molar refractivity (Wildman–Crippen MR) is 77.8 cm³/mol. The number of thiazole rings is 1. The second-order valence-corrected chi connectivity index (χ2v) is 4.61. The van der Waals surface area contributed by atoms with Crippen LogP contribution in [0.3, 0.4) is 0 Å². The molecule has 17 heavy (non-hydrogen) atoms. The number of nitrogens with zero attached hydrogens (tertiary/aromatic N) is 2. The fourth-order valence-electron chi connectivity index (χ4n) is 1.43. The first kappa shape index (κ1) is 12.0. The Morgan fingerprint density at radius 2 is 2.18 bits per heavy atom. The summed E-state index contributed by atoms with van der Waals surface area (Å²) in [4.78, 5) is 6.25. The number of aromatic nitrogens is 1. The molecule has 1 heterocycles. The molecule has 0 saturated heterocycles. The first-order chi connectivity index (χ1) is 8.31. The lowest BCUT2D eigenvalue weighted by molar-refractivity contribution is 1.05. The minimum Gasteiger partial charge on any atom is -0.332 e. The standard InChI is InChI=1S/C12H13N3S2/c1-2-15(12-13-8-9-17-12)11(16)14-10-6-4-3-5-7-10/h3-9H,2H2,1H3,(H,14,16). The lowest BCUT2D eigenvalue weighted by atomic mass is 10.3. The van der Waals surface area contributed by atoms with Crippen LogP contribution in [-0.2, 0) is 0 Å². The third kappa shape index (κ3) is 3.01. The van der Waals surface area contributed by atoms with Gasteiger partial charge in [-0.25, -0.2) is 4.98 Å². The maximum atomic E-state index is 5.39. The van der Waals surface area contributed by atoms with Crippen LogP contribution in [0.2, 0.25) is 0 Å². The molecule has 1 aromatic heterocycles. The number of hydrogen-bond donors (Lipinski definition) is 1. The van der Waals surface area contributed by atoms with Gasteiger partial charge in [-0.2, -0.15) is 0 Å². The van der Waals surface area contributed by atoms with Crippen LogP contribution in [0, 0.1) is 0 Å². The van der Waals surface area contributed by atoms with E-state index in [1.54, 1.807) is 17.5 Å². The highest BCUT2D eigenvalue weighted by Gasteiger charge is 2.12. The number of para-hydroxylation sites is 1. The Morgan fingerprint density at radius 3 is 2.76 bits per heavy atom. The minimum absolute atomic E-state index is 0.675. The molecule has 0 aliphatic carbocycles. The summed E-state index contributed by atoms with van der Waals surface area (Å²) < 4.78 is 0. The van der Waals surface area contributed by atoms with E-state index in [1.807, 2.05) is 40.6 Å². The van der Waals surface area contributed by atoms with Gasteiger partial charge < -0.3 is 5.32 Å². The minimum atomic E-state index is 0.675. The average molecular weight is 263 g/mol. The molecule has 0 amide bonds. The first-order valence-corrected chi connectivity index (χ1v) is 6.63. The molecule has 2 aromatic rings. The van der Waals surface area contributed by atoms with Gasteiger partial charge in [0.25, 0.3) is 0 Å². The zero-order chi connectivity index (χ0) is 12.1. The van der Waals surface area contributed by atoms with Gasteiger partial charge in [-0.05, 0) is 31.3 Å². The van der Waals surface area contributed by atoms with Gasteiger partial charge in [0.1, 0.15) is 0 Å². The Kier molecular flexibility index (Phi) is 4.06. The summed E-state index contributed by atoms with van der Waals surface area (Å²) in [6.07, 6.45) is 1.79. The van der Waals surface area contributed by atoms with Gasteiger partial charge in [-0.3, -0.25) is 4.90 Å². The number of thiocarbonyl (C=S) groups is 1. The Bertz CT molecular complexity index is 468. The molecule has 0 aliphatic rings. The van der Waals surface area contributed by atoms with Gasteiger partial charge in [0.05, 0.1) is 0 Å². The maximum Gasteiger partial charge on any atom is 0.191 e. The molecule has 0 unspecified atom stereocenters. The van der Waals surface area contributed by atoms with Crippen molar-refractivity contribution in [2.24, 2.45) is 0 Å². The maximum absolute atomic E-state index is 5.39. The third-order valence-corrected chi connectivity index (χ3v) is 3.35. The van der Waals surface area contributed by atoms with Crippen molar-refractivity contribution >= 4 is 39.5 Å². The van der Waals surface area contributed by atoms with Gasteiger partial charge in [-0.1, -0.05) is 18.2 Å². The fourth-order valence-corrected chi connectivity index (χ4v) is 2.53. The van der Waals surface area contributed by atoms with E-state index in [2.05, 4.69) is 17.2 Å². The number of nitrogens with one attached hydrogen (secondary N) is 1. The first-order valence-electron chi connectivity index (χ1n) is 5.34. The second kappa shape index (κ2) is 5.75. The van der Waals surface area contributed by atoms with Crippen LogP contribution in [0.15, 0.2) is 41.9 Å². The highest BCUT2D eigenvalue weighted by atomic mass is 32.1. The summed E-state index contributed by atoms with van der Waals surface area (Å²) in [6, 6.07) is 9.91. The van der Waals surface area contributed by atoms with Crippen LogP contribution in [0.25, 0.3) is 0 Å². The summed E-state index contributed by atoms with van der Waals surface area (Å²) in [5.41, 5.74) is 0.993. The highest BCUT2D eigenvalue weighted by molar-refractivity contribution is 7.80. The lowest BCUT2D eigenvalue weighted by Gasteiger charge is -2.21. The fraction of sp³-hybridized carbons (Fsp3) is 0.167. The lowest BCUT2D eigenvalue weighted by Crippen LogP contribution is -2.34. The van der Waals surface area contributed by atoms with E-state index in [0.29, 0.717) is 5.11 Å². The largest absolute Gasteiger partial charge is 0.332 e. The smallest absolute Gasteiger partial charge is 0.191 e. The van der Waals surface area contributed by atoms with Crippen molar-refractivity contribution < 1.29 is 0 Å². The summed E-state index contributed by atoms with van der Waals surface area (Å²) >= 11 is 6.97. The van der Waals surface area contributed by atoms with Crippen molar-refractivity contribution in [1.29, 1.82) is 0 Å². The molecule has 1 aromatic carbocycles. The third-order valence-electron chi connectivity index (χ3n) is 2.24. The molecule has 0 saturated carbocycles. The molecular weight excluding hydrogens is 250 g/mol. The van der Waals surface area contributed by atoms with E-state index in [4.69, 9.17) is 12.2 Å². The van der Waals surface area contributed by atoms with E-state index in [9.17, 15) is 0 Å². The Balaban J connectivity index is 2.09. The van der Waals surface area contributed by atoms with Crippen LogP contribution >= 0.6 is 23.6 Å². The normalized spacial score (nSPS) is 9.94. The van der Waals surface area contributed by atoms with E-state index < -0.39 is 0 Å². The molecule has 88 valence electrons. The number of hydrogen-bond acceptors (Lipinski definition) is 3. The predicted octanol–water partition coefficient (Wildman–Crippen LogP) is 3.37. The molecule has 5 heteroatoms. The molecule has 1 N–H and O–H groups in total. The molecule has 0 spiro atoms. The Hall–Kier alpha value is -1.46. The van der Waals surface area contributed by atoms with Crippen molar-refractivity contribution in [2.45, 2.75) is 6.92 Å². The van der Waals surface area contributed by atoms with Crippen LogP contribution in [0.5, 0.6) is 0 Å². The van der Waals surface area contributed by atoms with E-state index in [-0.39, 0.29) is 0 Å². The quantitative estimate of drug-likeness (QED) is 0.859. The van der Waals surface area contributed by atoms with Crippen molar-refractivity contribution in [3.63, 3.8) is 0 Å². The number of anilines is 2. The molecule has 0 aliphatic heterocycles. The highest BCUT2D eigenvalue weighted by Crippen LogP contribution is 2.18. The molecular formula is C12H13N3S2. The molecule has 3 nitrogen and oxygen atoms in total. The van der Waals surface area contributed by atoms with E-state index >= 15 is 0 Å². The monoisotopic (exact) mass is 263 g/mol. The molecule has 0 bridgehead atoms. The van der Waals surface area contributed by atoms with Crippen molar-refractivity contribution in [3.8, 4) is 0 Å². The van der Waals surface area contributed by atoms with Crippen molar-refractivity contribution in [3.05, 3.63) is 41.9 Å². The van der Waals surface area contributed by atoms with Crippen LogP contribution < -0.4 is 10.2 Å². The van der Waals surface area contributed by atoms with E-state index in [0.717, 1.165) is 17.4 Å². The summed E-state index contributed by atoms with van der Waals surface area (Å²) in [5, 5.41) is 6.74. The molecule has 0 atom stereocenters. The molecule has 0 fully saturated rings. The summed E-state index contributed by atoms with van der Waals surface area (Å²) in [7, 11) is 0. The molecule has 0 radical (unpaired) electrons. The Labute approximate surface area is 110 Å². The van der Waals surface area contributed by atoms with Gasteiger partial charge in [0.15, 0.2) is 10.2 Å². The summed E-state index contributed by atoms with van der Waals surface area (Å²) in [5.74, 6) is 0. The number of rotatable bonds is 3. The van der Waals surface area contributed by atoms with E-state index in [1.165, 1.54) is 0 Å². The number of benzene rings is 1. The van der Waals surface area contributed by atoms with Gasteiger partial charge >= 0.3 is 0 Å². The summed E-state index contributed by atoms with van der Waals surface area (Å²) in [6.45, 7) is 2.85. The van der Waals surface area contributed by atoms with Crippen LogP contribution in [-0.4, -0.2) is 16.6 Å². The zero-order valence-electron chi connectivity index (χ0n) is 9.46. The van der Waals surface area contributed by atoms with Crippen LogP contribution in [0.1, 0.15) is 6.92 Å². The van der Waals surface area contributed by atoms with Gasteiger partial charge in [0, 0.05) is 23.8 Å². The SMILES string of the molecule is CCN(C(=S)Nc1ccccc1)c1nccs1. The topological polar surface area (TPSA) is 28.2 Å². The zero-order valence-corrected chi connectivity index (χ0v) is 11.1. The van der Waals surface area contributed by atoms with Crippen LogP contribution in [0.4, 0.5) is 10.8 Å². The molecule has 2 rings (SSSR count). The van der Waals surface area contributed by atoms with Gasteiger partial charge in [0.2, 0.25) is 0 Å². The van der Waals surface area contributed by atoms with Gasteiger partial charge in [-0.15, -0.1) is 11.3 Å².